The maximum Gasteiger partial charge on any atom is 0.0589 e. The van der Waals surface area contributed by atoms with Gasteiger partial charge in [-0.3, -0.25) is 5.01 Å². The molecule has 0 aliphatic heterocycles. The summed E-state index contributed by atoms with van der Waals surface area (Å²) < 4.78 is 0. The van der Waals surface area contributed by atoms with E-state index in [1.165, 1.54) is 11.1 Å². The molecule has 116 valence electrons. The van der Waals surface area contributed by atoms with Crippen molar-refractivity contribution in [3.63, 3.8) is 0 Å². The number of nitrogens with zero attached hydrogens (tertiary/aromatic N) is 2. The van der Waals surface area contributed by atoms with Gasteiger partial charge in [-0.1, -0.05) is 60.7 Å². The molecule has 2 aromatic carbocycles. The molecule has 0 bridgehead atoms. The van der Waals surface area contributed by atoms with Crippen LogP contribution in [0.1, 0.15) is 31.9 Å². The Kier molecular flexibility index (Phi) is 5.31. The van der Waals surface area contributed by atoms with Crippen LogP contribution in [0.4, 0.5) is 0 Å². The third-order valence-electron chi connectivity index (χ3n) is 3.75. The fraction of sp³-hybridized carbons (Fsp3) is 0.368. The molecule has 0 fully saturated rings. The fourth-order valence-electron chi connectivity index (χ4n) is 2.75. The molecule has 0 saturated heterocycles. The largest absolute Gasteiger partial charge is 0.252 e. The number of benzene rings is 2. The van der Waals surface area contributed by atoms with Crippen molar-refractivity contribution in [2.45, 2.75) is 45.2 Å². The summed E-state index contributed by atoms with van der Waals surface area (Å²) in [6, 6.07) is 20.6. The third-order valence-corrected chi connectivity index (χ3v) is 3.75. The highest BCUT2D eigenvalue weighted by Gasteiger charge is 2.29. The highest BCUT2D eigenvalue weighted by molar-refractivity contribution is 5.20. The van der Waals surface area contributed by atoms with E-state index in [4.69, 9.17) is 0 Å². The molecule has 2 aromatic rings. The van der Waals surface area contributed by atoms with Crippen LogP contribution in [0.3, 0.4) is 0 Å². The molecule has 3 heteroatoms. The Morgan fingerprint density at radius 1 is 0.864 bits per heavy atom. The van der Waals surface area contributed by atoms with Gasteiger partial charge in [-0.15, -0.1) is 4.91 Å². The predicted octanol–water partition coefficient (Wildman–Crippen LogP) is 4.62. The summed E-state index contributed by atoms with van der Waals surface area (Å²) in [6.45, 7) is 6.08. The van der Waals surface area contributed by atoms with Gasteiger partial charge in [0, 0.05) is 0 Å². The Bertz CT molecular complexity index is 534. The highest BCUT2D eigenvalue weighted by atomic mass is 16.3. The van der Waals surface area contributed by atoms with Crippen molar-refractivity contribution >= 4 is 0 Å². The van der Waals surface area contributed by atoms with Crippen LogP contribution >= 0.6 is 0 Å². The summed E-state index contributed by atoms with van der Waals surface area (Å²) >= 11 is 0. The second-order valence-electron chi connectivity index (χ2n) is 6.63. The summed E-state index contributed by atoms with van der Waals surface area (Å²) in [5.74, 6) is 0. The fourth-order valence-corrected chi connectivity index (χ4v) is 2.75. The first-order chi connectivity index (χ1) is 10.5. The molecule has 3 nitrogen and oxygen atoms in total. The smallest absolute Gasteiger partial charge is 0.0589 e. The molecule has 0 unspecified atom stereocenters. The Morgan fingerprint density at radius 3 is 1.59 bits per heavy atom. The van der Waals surface area contributed by atoms with Gasteiger partial charge in [0.1, 0.15) is 0 Å². The Balaban J connectivity index is 2.25. The van der Waals surface area contributed by atoms with E-state index in [2.05, 4.69) is 29.6 Å². The van der Waals surface area contributed by atoms with E-state index in [9.17, 15) is 4.91 Å². The standard InChI is InChI=1S/C19H24N2O/c1-19(2,3)21(20-22)18(14-16-10-6-4-7-11-16)15-17-12-8-5-9-13-17/h4-13,18H,14-15H2,1-3H3. The van der Waals surface area contributed by atoms with Gasteiger partial charge in [0.25, 0.3) is 0 Å². The van der Waals surface area contributed by atoms with Gasteiger partial charge in [-0.2, -0.15) is 0 Å². The van der Waals surface area contributed by atoms with Crippen LogP contribution in [0.15, 0.2) is 65.9 Å². The average molecular weight is 296 g/mol. The zero-order chi connectivity index (χ0) is 16.0. The maximum atomic E-state index is 11.4. The van der Waals surface area contributed by atoms with E-state index in [-0.39, 0.29) is 11.6 Å². The molecule has 0 spiro atoms. The third kappa shape index (κ3) is 4.42. The second kappa shape index (κ2) is 7.21. The highest BCUT2D eigenvalue weighted by Crippen LogP contribution is 2.23. The van der Waals surface area contributed by atoms with Crippen molar-refractivity contribution in [2.75, 3.05) is 0 Å². The van der Waals surface area contributed by atoms with Crippen molar-refractivity contribution in [2.24, 2.45) is 5.29 Å². The Labute approximate surface area is 132 Å². The van der Waals surface area contributed by atoms with E-state index >= 15 is 0 Å². The molecule has 0 saturated carbocycles. The van der Waals surface area contributed by atoms with Crippen LogP contribution < -0.4 is 0 Å². The van der Waals surface area contributed by atoms with Crippen LogP contribution in [0.5, 0.6) is 0 Å². The van der Waals surface area contributed by atoms with E-state index in [1.54, 1.807) is 5.01 Å². The van der Waals surface area contributed by atoms with Gasteiger partial charge in [0.2, 0.25) is 0 Å². The van der Waals surface area contributed by atoms with Gasteiger partial charge in [-0.05, 0) is 44.7 Å². The summed E-state index contributed by atoms with van der Waals surface area (Å²) in [4.78, 5) is 11.4. The van der Waals surface area contributed by atoms with E-state index in [1.807, 2.05) is 57.2 Å². The van der Waals surface area contributed by atoms with Crippen molar-refractivity contribution in [1.82, 2.24) is 5.01 Å². The van der Waals surface area contributed by atoms with Gasteiger partial charge in [0.15, 0.2) is 0 Å². The Morgan fingerprint density at radius 2 is 1.27 bits per heavy atom. The zero-order valence-corrected chi connectivity index (χ0v) is 13.6. The van der Waals surface area contributed by atoms with Gasteiger partial charge < -0.3 is 0 Å². The lowest BCUT2D eigenvalue weighted by molar-refractivity contribution is 0.0826. The maximum absolute atomic E-state index is 11.4. The molecule has 0 atom stereocenters. The number of nitroso groups, excluding NO2 is 1. The molecular weight excluding hydrogens is 272 g/mol. The normalized spacial score (nSPS) is 11.5. The predicted molar refractivity (Wildman–Crippen MR) is 91.5 cm³/mol. The number of rotatable bonds is 6. The molecule has 0 aromatic heterocycles. The molecule has 2 rings (SSSR count). The first-order valence-corrected chi connectivity index (χ1v) is 7.71. The van der Waals surface area contributed by atoms with E-state index in [0.717, 1.165) is 12.8 Å². The Hall–Kier alpha value is -2.16. The summed E-state index contributed by atoms with van der Waals surface area (Å²) in [6.07, 6.45) is 1.61. The van der Waals surface area contributed by atoms with Crippen LogP contribution in [0, 0.1) is 4.91 Å². The molecule has 0 radical (unpaired) electrons. The molecule has 0 aliphatic rings. The number of hydrogen-bond acceptors (Lipinski definition) is 2. The minimum absolute atomic E-state index is 0.0438. The monoisotopic (exact) mass is 296 g/mol. The molecule has 0 amide bonds. The first-order valence-electron chi connectivity index (χ1n) is 7.71. The van der Waals surface area contributed by atoms with Crippen molar-refractivity contribution < 1.29 is 0 Å². The zero-order valence-electron chi connectivity index (χ0n) is 13.6. The van der Waals surface area contributed by atoms with Gasteiger partial charge in [-0.25, -0.2) is 0 Å². The van der Waals surface area contributed by atoms with Crippen molar-refractivity contribution in [3.8, 4) is 0 Å². The van der Waals surface area contributed by atoms with Crippen LogP contribution in [-0.2, 0) is 12.8 Å². The lowest BCUT2D eigenvalue weighted by Crippen LogP contribution is -2.46. The molecular formula is C19H24N2O. The molecule has 0 aliphatic carbocycles. The SMILES string of the molecule is CC(C)(C)N(N=O)C(Cc1ccccc1)Cc1ccccc1. The lowest BCUT2D eigenvalue weighted by atomic mass is 9.95. The molecule has 0 heterocycles. The minimum atomic E-state index is -0.296. The molecule has 0 N–H and O–H groups in total. The first kappa shape index (κ1) is 16.2. The minimum Gasteiger partial charge on any atom is -0.252 e. The average Bonchev–Trinajstić information content (AvgIpc) is 2.48. The van der Waals surface area contributed by atoms with E-state index in [0.29, 0.717) is 0 Å². The van der Waals surface area contributed by atoms with Crippen LogP contribution in [-0.4, -0.2) is 16.6 Å². The van der Waals surface area contributed by atoms with Gasteiger partial charge in [0.05, 0.1) is 16.9 Å². The van der Waals surface area contributed by atoms with E-state index < -0.39 is 0 Å². The summed E-state index contributed by atoms with van der Waals surface area (Å²) in [5, 5.41) is 5.04. The molecule has 22 heavy (non-hydrogen) atoms. The van der Waals surface area contributed by atoms with Crippen LogP contribution in [0.2, 0.25) is 0 Å². The number of hydrogen-bond donors (Lipinski definition) is 0. The second-order valence-corrected chi connectivity index (χ2v) is 6.63. The topological polar surface area (TPSA) is 32.7 Å². The summed E-state index contributed by atoms with van der Waals surface area (Å²) in [7, 11) is 0. The van der Waals surface area contributed by atoms with Crippen LogP contribution in [0.25, 0.3) is 0 Å². The quantitative estimate of drug-likeness (QED) is 0.575. The lowest BCUT2D eigenvalue weighted by Gasteiger charge is -2.37. The van der Waals surface area contributed by atoms with Crippen molar-refractivity contribution in [3.05, 3.63) is 76.7 Å². The van der Waals surface area contributed by atoms with Gasteiger partial charge >= 0.3 is 0 Å². The van der Waals surface area contributed by atoms with Crippen molar-refractivity contribution in [1.29, 1.82) is 0 Å². The summed E-state index contributed by atoms with van der Waals surface area (Å²) in [5.41, 5.74) is 2.15.